The molecule has 2 aromatic rings. The van der Waals surface area contributed by atoms with Crippen molar-refractivity contribution in [1.82, 2.24) is 20.0 Å². The first kappa shape index (κ1) is 29.6. The summed E-state index contributed by atoms with van der Waals surface area (Å²) in [5.74, 6) is 0.457. The summed E-state index contributed by atoms with van der Waals surface area (Å²) in [7, 11) is -3.91. The third-order valence-corrected chi connectivity index (χ3v) is 7.95. The minimum atomic E-state index is -3.91. The zero-order valence-electron chi connectivity index (χ0n) is 22.0. The van der Waals surface area contributed by atoms with Crippen molar-refractivity contribution >= 4 is 21.8 Å². The molecule has 0 spiro atoms. The number of sulfonamides is 1. The highest BCUT2D eigenvalue weighted by Gasteiger charge is 2.31. The standard InChI is InChI=1S/C27H38N4O6S/c1-21(2)7-6-18-37-23-10-12-24(13-11-23)38(35,36)28-20-25(27(33)29-34)30-14-16-31(17-15-30)26(32)19-22-8-4-3-5-9-22/h3-5,8-13,21,25,28,34H,6-7,14-20H2,1-2H3,(H,29,33)/t25-/m0/s1. The first-order valence-corrected chi connectivity index (χ1v) is 14.4. The van der Waals surface area contributed by atoms with Crippen molar-refractivity contribution in [3.05, 3.63) is 60.2 Å². The van der Waals surface area contributed by atoms with Crippen LogP contribution in [0.3, 0.4) is 0 Å². The SMILES string of the molecule is CC(C)CCCOc1ccc(S(=O)(=O)NC[C@@H](C(=O)NO)N2CCN(C(=O)Cc3ccccc3)CC2)cc1. The predicted octanol–water partition coefficient (Wildman–Crippen LogP) is 2.04. The lowest BCUT2D eigenvalue weighted by Gasteiger charge is -2.38. The highest BCUT2D eigenvalue weighted by molar-refractivity contribution is 7.89. The number of hydrogen-bond acceptors (Lipinski definition) is 7. The Kier molecular flexibility index (Phi) is 11.1. The molecule has 11 heteroatoms. The maximum Gasteiger partial charge on any atom is 0.262 e. The van der Waals surface area contributed by atoms with Crippen molar-refractivity contribution in [2.75, 3.05) is 39.3 Å². The van der Waals surface area contributed by atoms with Crippen molar-refractivity contribution in [3.8, 4) is 5.75 Å². The van der Waals surface area contributed by atoms with Gasteiger partial charge in [-0.05, 0) is 48.6 Å². The summed E-state index contributed by atoms with van der Waals surface area (Å²) in [5, 5.41) is 9.25. The number of carbonyl (C=O) groups excluding carboxylic acids is 2. The number of hydrogen-bond donors (Lipinski definition) is 3. The Morgan fingerprint density at radius 2 is 1.66 bits per heavy atom. The van der Waals surface area contributed by atoms with Crippen molar-refractivity contribution in [2.24, 2.45) is 5.92 Å². The molecule has 1 fully saturated rings. The third-order valence-electron chi connectivity index (χ3n) is 6.51. The van der Waals surface area contributed by atoms with E-state index >= 15 is 0 Å². The molecule has 1 heterocycles. The Hall–Kier alpha value is -2.99. The maximum atomic E-state index is 12.9. The fourth-order valence-electron chi connectivity index (χ4n) is 4.30. The van der Waals surface area contributed by atoms with Crippen LogP contribution in [0.1, 0.15) is 32.3 Å². The average Bonchev–Trinajstić information content (AvgIpc) is 2.92. The first-order valence-electron chi connectivity index (χ1n) is 12.9. The van der Waals surface area contributed by atoms with E-state index in [9.17, 15) is 23.2 Å². The van der Waals surface area contributed by atoms with Crippen LogP contribution in [0.15, 0.2) is 59.5 Å². The minimum absolute atomic E-state index is 0.00735. The summed E-state index contributed by atoms with van der Waals surface area (Å²) in [5.41, 5.74) is 2.56. The van der Waals surface area contributed by atoms with Gasteiger partial charge in [0.2, 0.25) is 15.9 Å². The van der Waals surface area contributed by atoms with E-state index in [0.29, 0.717) is 50.9 Å². The summed E-state index contributed by atoms with van der Waals surface area (Å²) in [6, 6.07) is 14.6. The van der Waals surface area contributed by atoms with Gasteiger partial charge in [0.05, 0.1) is 17.9 Å². The van der Waals surface area contributed by atoms with Gasteiger partial charge < -0.3 is 9.64 Å². The van der Waals surface area contributed by atoms with E-state index in [2.05, 4.69) is 18.6 Å². The summed E-state index contributed by atoms with van der Waals surface area (Å²) in [6.45, 7) is 6.14. The van der Waals surface area contributed by atoms with E-state index in [1.54, 1.807) is 27.4 Å². The second-order valence-electron chi connectivity index (χ2n) is 9.78. The van der Waals surface area contributed by atoms with Gasteiger partial charge in [-0.25, -0.2) is 18.6 Å². The van der Waals surface area contributed by atoms with Crippen LogP contribution in [0.4, 0.5) is 0 Å². The van der Waals surface area contributed by atoms with Gasteiger partial charge in [0.25, 0.3) is 5.91 Å². The van der Waals surface area contributed by atoms with Crippen molar-refractivity contribution < 1.29 is 28.0 Å². The van der Waals surface area contributed by atoms with Gasteiger partial charge in [0.15, 0.2) is 0 Å². The quantitative estimate of drug-likeness (QED) is 0.199. The number of amides is 2. The van der Waals surface area contributed by atoms with Crippen molar-refractivity contribution in [3.63, 3.8) is 0 Å². The summed E-state index contributed by atoms with van der Waals surface area (Å²) in [6.07, 6.45) is 2.27. The second-order valence-corrected chi connectivity index (χ2v) is 11.5. The van der Waals surface area contributed by atoms with E-state index in [0.717, 1.165) is 18.4 Å². The Morgan fingerprint density at radius 1 is 1.00 bits per heavy atom. The smallest absolute Gasteiger partial charge is 0.262 e. The monoisotopic (exact) mass is 546 g/mol. The zero-order valence-corrected chi connectivity index (χ0v) is 22.8. The van der Waals surface area contributed by atoms with Crippen LogP contribution in [0.5, 0.6) is 5.75 Å². The normalized spacial score (nSPS) is 15.3. The van der Waals surface area contributed by atoms with E-state index in [1.165, 1.54) is 12.1 Å². The van der Waals surface area contributed by atoms with Gasteiger partial charge >= 0.3 is 0 Å². The number of carbonyl (C=O) groups is 2. The topological polar surface area (TPSA) is 128 Å². The summed E-state index contributed by atoms with van der Waals surface area (Å²) < 4.78 is 33.9. The van der Waals surface area contributed by atoms with E-state index < -0.39 is 22.0 Å². The highest BCUT2D eigenvalue weighted by atomic mass is 32.2. The average molecular weight is 547 g/mol. The van der Waals surface area contributed by atoms with Gasteiger partial charge in [0.1, 0.15) is 11.8 Å². The van der Waals surface area contributed by atoms with Gasteiger partial charge in [0, 0.05) is 32.7 Å². The van der Waals surface area contributed by atoms with Crippen molar-refractivity contribution in [2.45, 2.75) is 44.0 Å². The molecule has 0 radical (unpaired) electrons. The zero-order chi connectivity index (χ0) is 27.5. The number of piperazine rings is 1. The number of nitrogens with zero attached hydrogens (tertiary/aromatic N) is 2. The minimum Gasteiger partial charge on any atom is -0.494 e. The number of nitrogens with one attached hydrogen (secondary N) is 2. The Labute approximate surface area is 225 Å². The molecule has 1 saturated heterocycles. The number of ether oxygens (including phenoxy) is 1. The molecule has 2 aromatic carbocycles. The van der Waals surface area contributed by atoms with Crippen LogP contribution in [-0.4, -0.2) is 80.6 Å². The van der Waals surface area contributed by atoms with Crippen LogP contribution < -0.4 is 14.9 Å². The molecular weight excluding hydrogens is 508 g/mol. The van der Waals surface area contributed by atoms with Crippen LogP contribution in [0, 0.1) is 5.92 Å². The molecule has 0 unspecified atom stereocenters. The fourth-order valence-corrected chi connectivity index (χ4v) is 5.33. The van der Waals surface area contributed by atoms with Gasteiger partial charge in [-0.3, -0.25) is 19.7 Å². The van der Waals surface area contributed by atoms with E-state index in [4.69, 9.17) is 4.74 Å². The molecular formula is C27H38N4O6S. The lowest BCUT2D eigenvalue weighted by Crippen LogP contribution is -2.58. The molecule has 1 atom stereocenters. The molecule has 3 rings (SSSR count). The van der Waals surface area contributed by atoms with Crippen LogP contribution in [0.2, 0.25) is 0 Å². The van der Waals surface area contributed by atoms with Gasteiger partial charge in [-0.15, -0.1) is 0 Å². The molecule has 0 aromatic heterocycles. The summed E-state index contributed by atoms with van der Waals surface area (Å²) in [4.78, 5) is 28.6. The molecule has 1 aliphatic heterocycles. The molecule has 1 aliphatic rings. The second kappa shape index (κ2) is 14.2. The highest BCUT2D eigenvalue weighted by Crippen LogP contribution is 2.17. The lowest BCUT2D eigenvalue weighted by molar-refractivity contribution is -0.137. The molecule has 0 bridgehead atoms. The Balaban J connectivity index is 1.53. The molecule has 3 N–H and O–H groups in total. The predicted molar refractivity (Wildman–Crippen MR) is 143 cm³/mol. The van der Waals surface area contributed by atoms with E-state index in [-0.39, 0.29) is 17.3 Å². The lowest BCUT2D eigenvalue weighted by atomic mass is 10.1. The maximum absolute atomic E-state index is 12.9. The Morgan fingerprint density at radius 3 is 2.26 bits per heavy atom. The summed E-state index contributed by atoms with van der Waals surface area (Å²) >= 11 is 0. The Bertz CT molecular complexity index is 1130. The van der Waals surface area contributed by atoms with Gasteiger partial charge in [-0.1, -0.05) is 44.2 Å². The number of rotatable bonds is 13. The van der Waals surface area contributed by atoms with E-state index in [1.807, 2.05) is 30.3 Å². The van der Waals surface area contributed by atoms with Crippen LogP contribution in [-0.2, 0) is 26.0 Å². The first-order chi connectivity index (χ1) is 18.2. The molecule has 0 aliphatic carbocycles. The fraction of sp³-hybridized carbons (Fsp3) is 0.481. The largest absolute Gasteiger partial charge is 0.494 e. The molecule has 10 nitrogen and oxygen atoms in total. The number of hydroxylamine groups is 1. The molecule has 208 valence electrons. The van der Waals surface area contributed by atoms with Gasteiger partial charge in [-0.2, -0.15) is 0 Å². The molecule has 38 heavy (non-hydrogen) atoms. The van der Waals surface area contributed by atoms with Crippen LogP contribution in [0.25, 0.3) is 0 Å². The number of benzene rings is 2. The van der Waals surface area contributed by atoms with Crippen LogP contribution >= 0.6 is 0 Å². The van der Waals surface area contributed by atoms with Crippen molar-refractivity contribution in [1.29, 1.82) is 0 Å². The molecule has 2 amide bonds. The molecule has 0 saturated carbocycles. The third kappa shape index (κ3) is 8.80.